The molecule has 2 aromatic heterocycles. The lowest BCUT2D eigenvalue weighted by atomic mass is 10.1. The fraction of sp³-hybridized carbons (Fsp3) is 0.364. The van der Waals surface area contributed by atoms with Gasteiger partial charge in [0.15, 0.2) is 4.34 Å². The van der Waals surface area contributed by atoms with Gasteiger partial charge in [-0.1, -0.05) is 0 Å². The van der Waals surface area contributed by atoms with Gasteiger partial charge in [-0.05, 0) is 61.9 Å². The zero-order chi connectivity index (χ0) is 12.3. The first kappa shape index (κ1) is 12.5. The molecule has 0 saturated carbocycles. The number of pyridine rings is 1. The Kier molecular flexibility index (Phi) is 4.09. The van der Waals surface area contributed by atoms with Gasteiger partial charge in [0.2, 0.25) is 0 Å². The van der Waals surface area contributed by atoms with Crippen molar-refractivity contribution >= 4 is 23.3 Å². The van der Waals surface area contributed by atoms with Crippen LogP contribution in [0.5, 0.6) is 0 Å². The van der Waals surface area contributed by atoms with Gasteiger partial charge in [-0.3, -0.25) is 0 Å². The maximum Gasteiger partial charge on any atom is 0.176 e. The number of aromatic nitrogens is 3. The second-order valence-electron chi connectivity index (χ2n) is 3.65. The summed E-state index contributed by atoms with van der Waals surface area (Å²) in [6, 6.07) is 4.44. The number of hydrogen-bond acceptors (Lipinski definition) is 6. The topological polar surface area (TPSA) is 50.7 Å². The minimum atomic E-state index is 0.327. The fourth-order valence-corrected chi connectivity index (χ4v) is 2.93. The molecular weight excluding hydrogens is 252 g/mol. The summed E-state index contributed by atoms with van der Waals surface area (Å²) in [5.74, 6) is 0.817. The van der Waals surface area contributed by atoms with Crippen molar-refractivity contribution in [3.8, 4) is 0 Å². The Morgan fingerprint density at radius 2 is 2.29 bits per heavy atom. The van der Waals surface area contributed by atoms with Crippen LogP contribution in [0.3, 0.4) is 0 Å². The van der Waals surface area contributed by atoms with Gasteiger partial charge in [-0.15, -0.1) is 0 Å². The van der Waals surface area contributed by atoms with Crippen molar-refractivity contribution < 1.29 is 0 Å². The Balaban J connectivity index is 2.16. The van der Waals surface area contributed by atoms with Crippen LogP contribution in [-0.4, -0.2) is 21.4 Å². The van der Waals surface area contributed by atoms with Gasteiger partial charge in [0.05, 0.1) is 0 Å². The third-order valence-corrected chi connectivity index (χ3v) is 4.17. The molecule has 0 bridgehead atoms. The predicted molar refractivity (Wildman–Crippen MR) is 70.5 cm³/mol. The molecule has 6 heteroatoms. The summed E-state index contributed by atoms with van der Waals surface area (Å²) in [6.45, 7) is 4.02. The summed E-state index contributed by atoms with van der Waals surface area (Å²) < 4.78 is 5.09. The molecule has 2 rings (SSSR count). The summed E-state index contributed by atoms with van der Waals surface area (Å²) in [5, 5.41) is 4.17. The van der Waals surface area contributed by atoms with Gasteiger partial charge in [0.1, 0.15) is 10.9 Å². The average molecular weight is 266 g/mol. The molecule has 0 radical (unpaired) electrons. The van der Waals surface area contributed by atoms with Gasteiger partial charge >= 0.3 is 0 Å². The molecule has 1 unspecified atom stereocenters. The summed E-state index contributed by atoms with van der Waals surface area (Å²) in [4.78, 5) is 8.65. The number of nitrogens with one attached hydrogen (secondary N) is 1. The van der Waals surface area contributed by atoms with E-state index in [4.69, 9.17) is 0 Å². The van der Waals surface area contributed by atoms with E-state index in [2.05, 4.69) is 32.6 Å². The predicted octanol–water partition coefficient (Wildman–Crippen LogP) is 2.67. The maximum atomic E-state index is 4.33. The van der Waals surface area contributed by atoms with E-state index >= 15 is 0 Å². The number of nitrogens with zero attached hydrogens (tertiary/aromatic N) is 3. The zero-order valence-electron chi connectivity index (χ0n) is 9.97. The van der Waals surface area contributed by atoms with E-state index in [1.807, 2.05) is 26.2 Å². The molecule has 0 fully saturated rings. The molecule has 2 heterocycles. The van der Waals surface area contributed by atoms with Crippen molar-refractivity contribution in [2.45, 2.75) is 29.3 Å². The van der Waals surface area contributed by atoms with E-state index in [1.54, 1.807) is 11.8 Å². The Morgan fingerprint density at radius 1 is 1.47 bits per heavy atom. The number of aryl methyl sites for hydroxylation is 1. The van der Waals surface area contributed by atoms with Crippen molar-refractivity contribution in [2.75, 3.05) is 7.05 Å². The van der Waals surface area contributed by atoms with Crippen LogP contribution in [0.25, 0.3) is 0 Å². The van der Waals surface area contributed by atoms with Gasteiger partial charge in [0.25, 0.3) is 0 Å². The van der Waals surface area contributed by atoms with Crippen molar-refractivity contribution in [3.63, 3.8) is 0 Å². The van der Waals surface area contributed by atoms with Crippen molar-refractivity contribution in [1.82, 2.24) is 19.7 Å². The van der Waals surface area contributed by atoms with Crippen LogP contribution < -0.4 is 5.32 Å². The van der Waals surface area contributed by atoms with Gasteiger partial charge in [-0.2, -0.15) is 4.37 Å². The molecule has 1 N–H and O–H groups in total. The molecule has 0 aliphatic rings. The lowest BCUT2D eigenvalue weighted by molar-refractivity contribution is 0.649. The molecule has 2 aromatic rings. The minimum Gasteiger partial charge on any atom is -0.313 e. The molecule has 0 aliphatic heterocycles. The first-order chi connectivity index (χ1) is 8.19. The molecule has 1 atom stereocenters. The molecule has 90 valence electrons. The van der Waals surface area contributed by atoms with Crippen molar-refractivity contribution in [3.05, 3.63) is 29.7 Å². The highest BCUT2D eigenvalue weighted by Gasteiger charge is 2.07. The second-order valence-corrected chi connectivity index (χ2v) is 5.67. The number of hydrogen-bond donors (Lipinski definition) is 1. The lowest BCUT2D eigenvalue weighted by Crippen LogP contribution is -2.12. The highest BCUT2D eigenvalue weighted by molar-refractivity contribution is 8.00. The van der Waals surface area contributed by atoms with Crippen LogP contribution in [0.15, 0.2) is 27.7 Å². The summed E-state index contributed by atoms with van der Waals surface area (Å²) in [6.07, 6.45) is 1.83. The zero-order valence-corrected chi connectivity index (χ0v) is 11.6. The number of rotatable bonds is 4. The van der Waals surface area contributed by atoms with Crippen LogP contribution in [0.4, 0.5) is 0 Å². The third-order valence-electron chi connectivity index (χ3n) is 2.39. The Labute approximate surface area is 109 Å². The van der Waals surface area contributed by atoms with E-state index in [9.17, 15) is 0 Å². The second kappa shape index (κ2) is 5.57. The molecule has 0 saturated heterocycles. The monoisotopic (exact) mass is 266 g/mol. The normalized spacial score (nSPS) is 12.6. The van der Waals surface area contributed by atoms with E-state index in [0.29, 0.717) is 6.04 Å². The maximum absolute atomic E-state index is 4.33. The van der Waals surface area contributed by atoms with Gasteiger partial charge in [0, 0.05) is 12.2 Å². The van der Waals surface area contributed by atoms with Crippen LogP contribution in [0, 0.1) is 6.92 Å². The van der Waals surface area contributed by atoms with E-state index in [1.165, 1.54) is 17.1 Å². The third kappa shape index (κ3) is 3.24. The molecule has 0 aliphatic carbocycles. The average Bonchev–Trinajstić information content (AvgIpc) is 2.74. The molecule has 0 amide bonds. The van der Waals surface area contributed by atoms with E-state index in [-0.39, 0.29) is 0 Å². The Hall–Kier alpha value is -0.980. The van der Waals surface area contributed by atoms with E-state index < -0.39 is 0 Å². The molecule has 0 spiro atoms. The highest BCUT2D eigenvalue weighted by atomic mass is 32.2. The van der Waals surface area contributed by atoms with Gasteiger partial charge < -0.3 is 5.32 Å². The minimum absolute atomic E-state index is 0.327. The quantitative estimate of drug-likeness (QED) is 0.922. The smallest absolute Gasteiger partial charge is 0.176 e. The molecular formula is C11H14N4S2. The van der Waals surface area contributed by atoms with Crippen LogP contribution in [-0.2, 0) is 0 Å². The van der Waals surface area contributed by atoms with E-state index in [0.717, 1.165) is 15.2 Å². The fourth-order valence-electron chi connectivity index (χ4n) is 1.33. The van der Waals surface area contributed by atoms with Gasteiger partial charge in [-0.25, -0.2) is 9.97 Å². The highest BCUT2D eigenvalue weighted by Crippen LogP contribution is 2.28. The van der Waals surface area contributed by atoms with Crippen molar-refractivity contribution in [2.24, 2.45) is 0 Å². The lowest BCUT2D eigenvalue weighted by Gasteiger charge is -2.10. The Morgan fingerprint density at radius 3 is 2.94 bits per heavy atom. The SMILES string of the molecule is CNC(C)c1ccnc(Sc2nc(C)ns2)c1. The molecule has 0 aromatic carbocycles. The van der Waals surface area contributed by atoms with Crippen LogP contribution >= 0.6 is 23.3 Å². The molecule has 17 heavy (non-hydrogen) atoms. The largest absolute Gasteiger partial charge is 0.313 e. The van der Waals surface area contributed by atoms with Crippen molar-refractivity contribution in [1.29, 1.82) is 0 Å². The standard InChI is InChI=1S/C11H14N4S2/c1-7(12-3)9-4-5-13-10(6-9)16-11-14-8(2)15-17-11/h4-7,12H,1-3H3. The molecule has 4 nitrogen and oxygen atoms in total. The van der Waals surface area contributed by atoms with Crippen LogP contribution in [0.2, 0.25) is 0 Å². The first-order valence-electron chi connectivity index (χ1n) is 5.30. The summed E-state index contributed by atoms with van der Waals surface area (Å²) >= 11 is 2.97. The Bertz CT molecular complexity index is 498. The summed E-state index contributed by atoms with van der Waals surface area (Å²) in [5.41, 5.74) is 1.23. The summed E-state index contributed by atoms with van der Waals surface area (Å²) in [7, 11) is 1.95. The van der Waals surface area contributed by atoms with Crippen LogP contribution in [0.1, 0.15) is 24.4 Å². The first-order valence-corrected chi connectivity index (χ1v) is 6.89.